The van der Waals surface area contributed by atoms with Gasteiger partial charge < -0.3 is 0 Å². The van der Waals surface area contributed by atoms with Gasteiger partial charge in [0.15, 0.2) is 0 Å². The fourth-order valence-electron chi connectivity index (χ4n) is 3.27. The molecule has 0 bridgehead atoms. The number of nitrogens with one attached hydrogen (secondary N) is 1. The van der Waals surface area contributed by atoms with Crippen LogP contribution in [0.15, 0.2) is 66.7 Å². The Balaban J connectivity index is 1.63. The second-order valence-corrected chi connectivity index (χ2v) is 7.19. The lowest BCUT2D eigenvalue weighted by molar-refractivity contribution is -0.137. The van der Waals surface area contributed by atoms with E-state index in [4.69, 9.17) is 11.6 Å². The normalized spacial score (nSPS) is 14.3. The molecule has 27 heavy (non-hydrogen) atoms. The first-order valence-corrected chi connectivity index (χ1v) is 9.32. The monoisotopic (exact) mass is 391 g/mol. The van der Waals surface area contributed by atoms with Crippen molar-refractivity contribution in [3.63, 3.8) is 0 Å². The van der Waals surface area contributed by atoms with E-state index in [1.165, 1.54) is 22.9 Å². The summed E-state index contributed by atoms with van der Waals surface area (Å²) in [5, 5.41) is 5.68. The Hall–Kier alpha value is -2.04. The number of hydrogen-bond donors (Lipinski definition) is 1. The molecule has 1 nitrogen and oxygen atoms in total. The second-order valence-electron chi connectivity index (χ2n) is 6.66. The van der Waals surface area contributed by atoms with E-state index < -0.39 is 11.7 Å². The number of alkyl halides is 4. The van der Waals surface area contributed by atoms with Crippen molar-refractivity contribution >= 4 is 22.4 Å². The Labute approximate surface area is 162 Å². The van der Waals surface area contributed by atoms with Crippen LogP contribution in [0.4, 0.5) is 13.2 Å². The molecular weight excluding hydrogens is 371 g/mol. The molecular formula is C22H21ClF3N. The summed E-state index contributed by atoms with van der Waals surface area (Å²) in [6.07, 6.45) is -3.30. The Morgan fingerprint density at radius 1 is 0.963 bits per heavy atom. The molecule has 2 unspecified atom stereocenters. The molecule has 0 spiro atoms. The van der Waals surface area contributed by atoms with Gasteiger partial charge in [0.1, 0.15) is 0 Å². The lowest BCUT2D eigenvalue weighted by atomic mass is 9.99. The van der Waals surface area contributed by atoms with Crippen LogP contribution < -0.4 is 5.32 Å². The van der Waals surface area contributed by atoms with Crippen LogP contribution in [0, 0.1) is 0 Å². The summed E-state index contributed by atoms with van der Waals surface area (Å²) in [5.74, 6) is 0. The Kier molecular flexibility index (Phi) is 6.08. The summed E-state index contributed by atoms with van der Waals surface area (Å²) < 4.78 is 38.4. The summed E-state index contributed by atoms with van der Waals surface area (Å²) in [5.41, 5.74) is 0.824. The first-order valence-electron chi connectivity index (χ1n) is 8.88. The zero-order chi connectivity index (χ0) is 19.4. The molecule has 3 rings (SSSR count). The van der Waals surface area contributed by atoms with Gasteiger partial charge in [-0.1, -0.05) is 60.7 Å². The third-order valence-electron chi connectivity index (χ3n) is 4.66. The summed E-state index contributed by atoms with van der Waals surface area (Å²) in [6.45, 7) is 2.04. The van der Waals surface area contributed by atoms with E-state index in [9.17, 15) is 13.2 Å². The summed E-state index contributed by atoms with van der Waals surface area (Å²) in [4.78, 5) is 0. The molecule has 0 fully saturated rings. The van der Waals surface area contributed by atoms with Crippen molar-refractivity contribution in [3.8, 4) is 0 Å². The molecule has 0 radical (unpaired) electrons. The molecule has 3 aromatic rings. The third-order valence-corrected chi connectivity index (χ3v) is 5.01. The van der Waals surface area contributed by atoms with Gasteiger partial charge in [0.2, 0.25) is 0 Å². The van der Waals surface area contributed by atoms with Crippen LogP contribution in [0.2, 0.25) is 0 Å². The number of halogens is 4. The maximum Gasteiger partial charge on any atom is 0.416 e. The smallest absolute Gasteiger partial charge is 0.295 e. The van der Waals surface area contributed by atoms with Gasteiger partial charge in [-0.15, -0.1) is 11.6 Å². The van der Waals surface area contributed by atoms with E-state index in [1.807, 2.05) is 25.1 Å². The third kappa shape index (κ3) is 5.02. The Morgan fingerprint density at radius 2 is 1.67 bits per heavy atom. The molecule has 0 amide bonds. The van der Waals surface area contributed by atoms with Gasteiger partial charge in [0.25, 0.3) is 0 Å². The van der Waals surface area contributed by atoms with E-state index >= 15 is 0 Å². The quantitative estimate of drug-likeness (QED) is 0.364. The Morgan fingerprint density at radius 3 is 2.44 bits per heavy atom. The zero-order valence-electron chi connectivity index (χ0n) is 14.9. The standard InChI is InChI=1S/C22H21ClF3N/c1-15(19-11-5-8-17-7-2-3-10-20(17)19)27-21(23)13-12-16-6-4-9-18(14-16)22(24,25)26/h2-11,14-15,21,27H,12-13H2,1H3. The molecule has 0 saturated heterocycles. The molecule has 0 aliphatic carbocycles. The van der Waals surface area contributed by atoms with Gasteiger partial charge in [-0.05, 0) is 47.7 Å². The number of aryl methyl sites for hydroxylation is 1. The molecule has 0 heterocycles. The van der Waals surface area contributed by atoms with Crippen molar-refractivity contribution in [1.29, 1.82) is 0 Å². The Bertz CT molecular complexity index is 902. The predicted octanol–water partition coefficient (Wildman–Crippen LogP) is 6.71. The fourth-order valence-corrected chi connectivity index (χ4v) is 3.57. The SMILES string of the molecule is CC(NC(Cl)CCc1cccc(C(F)(F)F)c1)c1cccc2ccccc12. The molecule has 0 aromatic heterocycles. The molecule has 3 aromatic carbocycles. The van der Waals surface area contributed by atoms with Crippen molar-refractivity contribution in [1.82, 2.24) is 5.32 Å². The van der Waals surface area contributed by atoms with E-state index in [2.05, 4.69) is 29.6 Å². The van der Waals surface area contributed by atoms with E-state index in [0.29, 0.717) is 18.4 Å². The van der Waals surface area contributed by atoms with Gasteiger partial charge in [0, 0.05) is 6.04 Å². The number of rotatable bonds is 6. The van der Waals surface area contributed by atoms with Crippen LogP contribution in [0.3, 0.4) is 0 Å². The van der Waals surface area contributed by atoms with Crippen LogP contribution in [-0.4, -0.2) is 5.50 Å². The minimum atomic E-state index is -4.32. The van der Waals surface area contributed by atoms with Crippen LogP contribution in [-0.2, 0) is 12.6 Å². The van der Waals surface area contributed by atoms with Crippen molar-refractivity contribution in [3.05, 3.63) is 83.4 Å². The summed E-state index contributed by atoms with van der Waals surface area (Å²) in [7, 11) is 0. The first kappa shape index (κ1) is 19.7. The molecule has 1 N–H and O–H groups in total. The van der Waals surface area contributed by atoms with Gasteiger partial charge in [0.05, 0.1) is 11.1 Å². The van der Waals surface area contributed by atoms with Crippen molar-refractivity contribution in [2.75, 3.05) is 0 Å². The van der Waals surface area contributed by atoms with E-state index in [0.717, 1.165) is 11.6 Å². The molecule has 0 aliphatic rings. The van der Waals surface area contributed by atoms with Crippen LogP contribution >= 0.6 is 11.6 Å². The average molecular weight is 392 g/mol. The van der Waals surface area contributed by atoms with Crippen molar-refractivity contribution < 1.29 is 13.2 Å². The predicted molar refractivity (Wildman–Crippen MR) is 105 cm³/mol. The highest BCUT2D eigenvalue weighted by molar-refractivity contribution is 6.20. The summed E-state index contributed by atoms with van der Waals surface area (Å²) >= 11 is 6.42. The van der Waals surface area contributed by atoms with Crippen LogP contribution in [0.1, 0.15) is 36.1 Å². The average Bonchev–Trinajstić information content (AvgIpc) is 2.65. The highest BCUT2D eigenvalue weighted by Gasteiger charge is 2.30. The minimum Gasteiger partial charge on any atom is -0.295 e. The molecule has 142 valence electrons. The topological polar surface area (TPSA) is 12.0 Å². The van der Waals surface area contributed by atoms with Gasteiger partial charge in [-0.2, -0.15) is 13.2 Å². The van der Waals surface area contributed by atoms with E-state index in [-0.39, 0.29) is 11.5 Å². The van der Waals surface area contributed by atoms with Gasteiger partial charge in [-0.3, -0.25) is 5.32 Å². The first-order chi connectivity index (χ1) is 12.8. The van der Waals surface area contributed by atoms with Crippen molar-refractivity contribution in [2.24, 2.45) is 0 Å². The number of hydrogen-bond acceptors (Lipinski definition) is 1. The maximum absolute atomic E-state index is 12.8. The largest absolute Gasteiger partial charge is 0.416 e. The number of fused-ring (bicyclic) bond motifs is 1. The van der Waals surface area contributed by atoms with Crippen LogP contribution in [0.25, 0.3) is 10.8 Å². The zero-order valence-corrected chi connectivity index (χ0v) is 15.7. The highest BCUT2D eigenvalue weighted by atomic mass is 35.5. The maximum atomic E-state index is 12.8. The van der Waals surface area contributed by atoms with Gasteiger partial charge >= 0.3 is 6.18 Å². The molecule has 5 heteroatoms. The fraction of sp³-hybridized carbons (Fsp3) is 0.273. The highest BCUT2D eigenvalue weighted by Crippen LogP contribution is 2.30. The van der Waals surface area contributed by atoms with Crippen molar-refractivity contribution in [2.45, 2.75) is 37.5 Å². The lowest BCUT2D eigenvalue weighted by Gasteiger charge is -2.20. The second kappa shape index (κ2) is 8.32. The summed E-state index contributed by atoms with van der Waals surface area (Å²) in [6, 6.07) is 19.7. The van der Waals surface area contributed by atoms with E-state index in [1.54, 1.807) is 6.07 Å². The molecule has 0 saturated carbocycles. The molecule has 2 atom stereocenters. The minimum absolute atomic E-state index is 0.0279. The number of benzene rings is 3. The van der Waals surface area contributed by atoms with Crippen LogP contribution in [0.5, 0.6) is 0 Å². The van der Waals surface area contributed by atoms with Gasteiger partial charge in [-0.25, -0.2) is 0 Å². The lowest BCUT2D eigenvalue weighted by Crippen LogP contribution is -2.27. The molecule has 0 aliphatic heterocycles.